The Kier molecular flexibility index (Phi) is 4.49. The summed E-state index contributed by atoms with van der Waals surface area (Å²) in [6.07, 6.45) is 1.86. The van der Waals surface area contributed by atoms with Crippen molar-refractivity contribution in [3.05, 3.63) is 32.8 Å². The standard InChI is InChI=1S/C12H14BrN3O3/c13-10-6-9(3-4-11(10)16(18)19)15-12(17)8-2-1-5-14-7-8/h3-4,6,8,14H,1-2,5,7H2,(H,15,17)/t8-/m0/s1. The van der Waals surface area contributed by atoms with E-state index in [2.05, 4.69) is 26.6 Å². The van der Waals surface area contributed by atoms with E-state index in [1.807, 2.05) is 0 Å². The van der Waals surface area contributed by atoms with Gasteiger partial charge in [0, 0.05) is 18.3 Å². The highest BCUT2D eigenvalue weighted by Crippen LogP contribution is 2.28. The van der Waals surface area contributed by atoms with Crippen LogP contribution in [0.4, 0.5) is 11.4 Å². The lowest BCUT2D eigenvalue weighted by atomic mass is 9.99. The molecule has 1 heterocycles. The fourth-order valence-corrected chi connectivity index (χ4v) is 2.58. The van der Waals surface area contributed by atoms with Gasteiger partial charge in [0.15, 0.2) is 0 Å². The van der Waals surface area contributed by atoms with Crippen LogP contribution in [0.25, 0.3) is 0 Å². The highest BCUT2D eigenvalue weighted by molar-refractivity contribution is 9.10. The lowest BCUT2D eigenvalue weighted by molar-refractivity contribution is -0.385. The van der Waals surface area contributed by atoms with Crippen molar-refractivity contribution in [2.45, 2.75) is 12.8 Å². The van der Waals surface area contributed by atoms with Gasteiger partial charge in [0.2, 0.25) is 5.91 Å². The van der Waals surface area contributed by atoms with Crippen molar-refractivity contribution in [2.24, 2.45) is 5.92 Å². The van der Waals surface area contributed by atoms with E-state index in [1.54, 1.807) is 6.07 Å². The first kappa shape index (κ1) is 14.0. The van der Waals surface area contributed by atoms with Crippen molar-refractivity contribution >= 4 is 33.2 Å². The summed E-state index contributed by atoms with van der Waals surface area (Å²) >= 11 is 3.13. The van der Waals surface area contributed by atoms with E-state index in [0.29, 0.717) is 16.7 Å². The fourth-order valence-electron chi connectivity index (χ4n) is 2.05. The molecule has 0 spiro atoms. The molecule has 0 aliphatic carbocycles. The molecule has 1 amide bonds. The molecular weight excluding hydrogens is 314 g/mol. The van der Waals surface area contributed by atoms with Crippen molar-refractivity contribution in [2.75, 3.05) is 18.4 Å². The Morgan fingerprint density at radius 3 is 2.89 bits per heavy atom. The second kappa shape index (κ2) is 6.12. The highest BCUT2D eigenvalue weighted by Gasteiger charge is 2.21. The summed E-state index contributed by atoms with van der Waals surface area (Å²) in [6.45, 7) is 1.63. The maximum Gasteiger partial charge on any atom is 0.283 e. The molecule has 1 aromatic rings. The molecule has 1 atom stereocenters. The fraction of sp³-hybridized carbons (Fsp3) is 0.417. The maximum absolute atomic E-state index is 12.0. The number of rotatable bonds is 3. The van der Waals surface area contributed by atoms with E-state index in [0.717, 1.165) is 19.4 Å². The topological polar surface area (TPSA) is 84.3 Å². The van der Waals surface area contributed by atoms with Crippen LogP contribution in [-0.4, -0.2) is 23.9 Å². The summed E-state index contributed by atoms with van der Waals surface area (Å²) in [7, 11) is 0. The van der Waals surface area contributed by atoms with Gasteiger partial charge < -0.3 is 10.6 Å². The number of nitrogens with zero attached hydrogens (tertiary/aromatic N) is 1. The number of amides is 1. The maximum atomic E-state index is 12.0. The van der Waals surface area contributed by atoms with Gasteiger partial charge in [0.25, 0.3) is 5.69 Å². The minimum atomic E-state index is -0.471. The Balaban J connectivity index is 2.04. The van der Waals surface area contributed by atoms with Crippen LogP contribution in [-0.2, 0) is 4.79 Å². The van der Waals surface area contributed by atoms with Crippen LogP contribution in [0.5, 0.6) is 0 Å². The molecule has 2 rings (SSSR count). The largest absolute Gasteiger partial charge is 0.326 e. The van der Waals surface area contributed by atoms with Gasteiger partial charge in [-0.05, 0) is 47.4 Å². The average molecular weight is 328 g/mol. The Morgan fingerprint density at radius 2 is 2.32 bits per heavy atom. The number of nitro groups is 1. The lowest BCUT2D eigenvalue weighted by Gasteiger charge is -2.21. The molecule has 102 valence electrons. The summed E-state index contributed by atoms with van der Waals surface area (Å²) < 4.78 is 0.358. The smallest absolute Gasteiger partial charge is 0.283 e. The zero-order valence-corrected chi connectivity index (χ0v) is 11.8. The third-order valence-electron chi connectivity index (χ3n) is 3.08. The van der Waals surface area contributed by atoms with Crippen molar-refractivity contribution < 1.29 is 9.72 Å². The van der Waals surface area contributed by atoms with Crippen LogP contribution in [0.3, 0.4) is 0 Å². The van der Waals surface area contributed by atoms with E-state index in [9.17, 15) is 14.9 Å². The van der Waals surface area contributed by atoms with Crippen LogP contribution < -0.4 is 10.6 Å². The summed E-state index contributed by atoms with van der Waals surface area (Å²) in [5, 5.41) is 16.6. The van der Waals surface area contributed by atoms with E-state index in [1.165, 1.54) is 12.1 Å². The van der Waals surface area contributed by atoms with Gasteiger partial charge in [-0.15, -0.1) is 0 Å². The average Bonchev–Trinajstić information content (AvgIpc) is 2.39. The summed E-state index contributed by atoms with van der Waals surface area (Å²) in [5.41, 5.74) is 0.547. The van der Waals surface area contributed by atoms with Gasteiger partial charge in [0.05, 0.1) is 15.3 Å². The molecule has 1 aliphatic rings. The lowest BCUT2D eigenvalue weighted by Crippen LogP contribution is -2.37. The monoisotopic (exact) mass is 327 g/mol. The van der Waals surface area contributed by atoms with Crippen molar-refractivity contribution in [1.82, 2.24) is 5.32 Å². The summed E-state index contributed by atoms with van der Waals surface area (Å²) in [5.74, 6) is -0.0873. The van der Waals surface area contributed by atoms with Crippen molar-refractivity contribution in [1.29, 1.82) is 0 Å². The molecule has 1 aliphatic heterocycles. The number of nitrogens with one attached hydrogen (secondary N) is 2. The molecule has 0 aromatic heterocycles. The normalized spacial score (nSPS) is 18.9. The molecule has 1 aromatic carbocycles. The minimum Gasteiger partial charge on any atom is -0.326 e. The van der Waals surface area contributed by atoms with Gasteiger partial charge in [-0.3, -0.25) is 14.9 Å². The number of anilines is 1. The first-order valence-corrected chi connectivity index (χ1v) is 6.83. The van der Waals surface area contributed by atoms with Crippen LogP contribution in [0, 0.1) is 16.0 Å². The number of carbonyl (C=O) groups excluding carboxylic acids is 1. The molecule has 6 nitrogen and oxygen atoms in total. The van der Waals surface area contributed by atoms with E-state index in [4.69, 9.17) is 0 Å². The molecule has 0 unspecified atom stereocenters. The molecule has 1 saturated heterocycles. The number of benzene rings is 1. The third kappa shape index (κ3) is 3.51. The van der Waals surface area contributed by atoms with Crippen LogP contribution in [0.2, 0.25) is 0 Å². The zero-order chi connectivity index (χ0) is 13.8. The predicted octanol–water partition coefficient (Wildman–Crippen LogP) is 2.30. The second-order valence-electron chi connectivity index (χ2n) is 4.46. The predicted molar refractivity (Wildman–Crippen MR) is 75.0 cm³/mol. The first-order valence-electron chi connectivity index (χ1n) is 6.03. The Labute approximate surface area is 118 Å². The zero-order valence-electron chi connectivity index (χ0n) is 10.2. The molecule has 0 saturated carbocycles. The number of nitro benzene ring substituents is 1. The SMILES string of the molecule is O=C(Nc1ccc([N+](=O)[O-])c(Br)c1)[C@H]1CCCNC1. The van der Waals surface area contributed by atoms with Crippen molar-refractivity contribution in [3.8, 4) is 0 Å². The Hall–Kier alpha value is -1.47. The molecule has 7 heteroatoms. The number of piperidine rings is 1. The quantitative estimate of drug-likeness (QED) is 0.659. The second-order valence-corrected chi connectivity index (χ2v) is 5.31. The molecule has 19 heavy (non-hydrogen) atoms. The summed E-state index contributed by atoms with van der Waals surface area (Å²) in [6, 6.07) is 4.46. The number of hydrogen-bond donors (Lipinski definition) is 2. The molecule has 2 N–H and O–H groups in total. The van der Waals surface area contributed by atoms with Gasteiger partial charge >= 0.3 is 0 Å². The third-order valence-corrected chi connectivity index (χ3v) is 3.71. The van der Waals surface area contributed by atoms with Crippen LogP contribution in [0.15, 0.2) is 22.7 Å². The minimum absolute atomic E-state index is 0.0164. The molecule has 0 radical (unpaired) electrons. The number of carbonyl (C=O) groups is 1. The molecular formula is C12H14BrN3O3. The van der Waals surface area contributed by atoms with E-state index < -0.39 is 4.92 Å². The Morgan fingerprint density at radius 1 is 1.53 bits per heavy atom. The Bertz CT molecular complexity index is 501. The van der Waals surface area contributed by atoms with Crippen molar-refractivity contribution in [3.63, 3.8) is 0 Å². The number of halogens is 1. The molecule has 1 fully saturated rings. The first-order chi connectivity index (χ1) is 9.08. The van der Waals surface area contributed by atoms with E-state index in [-0.39, 0.29) is 17.5 Å². The summed E-state index contributed by atoms with van der Waals surface area (Å²) in [4.78, 5) is 22.2. The van der Waals surface area contributed by atoms with Crippen LogP contribution >= 0.6 is 15.9 Å². The van der Waals surface area contributed by atoms with Gasteiger partial charge in [-0.2, -0.15) is 0 Å². The molecule has 0 bridgehead atoms. The number of hydrogen-bond acceptors (Lipinski definition) is 4. The van der Waals surface area contributed by atoms with Gasteiger partial charge in [0.1, 0.15) is 0 Å². The van der Waals surface area contributed by atoms with E-state index >= 15 is 0 Å². The highest BCUT2D eigenvalue weighted by atomic mass is 79.9. The van der Waals surface area contributed by atoms with Gasteiger partial charge in [-0.25, -0.2) is 0 Å². The van der Waals surface area contributed by atoms with Crippen LogP contribution in [0.1, 0.15) is 12.8 Å². The van der Waals surface area contributed by atoms with Gasteiger partial charge in [-0.1, -0.05) is 0 Å².